The number of quaternary nitrogens is 1. The zero-order chi connectivity index (χ0) is 18.6. The Hall–Kier alpha value is -1.35. The maximum atomic E-state index is 12.9. The molecular formula is C20H24BrNO4S. The van der Waals surface area contributed by atoms with Crippen molar-refractivity contribution < 1.29 is 36.8 Å². The van der Waals surface area contributed by atoms with Gasteiger partial charge >= 0.3 is 0 Å². The van der Waals surface area contributed by atoms with Gasteiger partial charge in [0.25, 0.3) is 0 Å². The molecule has 0 saturated heterocycles. The maximum Gasteiger partial charge on any atom is 0.195 e. The smallest absolute Gasteiger partial charge is 0.195 e. The van der Waals surface area contributed by atoms with Gasteiger partial charge in [-0.3, -0.25) is 4.79 Å². The molecule has 3 rings (SSSR count). The van der Waals surface area contributed by atoms with Gasteiger partial charge in [-0.25, -0.2) is 0 Å². The third-order valence-electron chi connectivity index (χ3n) is 4.88. The van der Waals surface area contributed by atoms with Gasteiger partial charge < -0.3 is 36.8 Å². The molecule has 27 heavy (non-hydrogen) atoms. The van der Waals surface area contributed by atoms with Crippen LogP contribution >= 0.6 is 11.3 Å². The molecule has 0 amide bonds. The van der Waals surface area contributed by atoms with E-state index in [9.17, 15) is 20.1 Å². The number of hydrogen-bond donors (Lipinski definition) is 3. The Balaban J connectivity index is 0.00000261. The highest BCUT2D eigenvalue weighted by molar-refractivity contribution is 7.24. The fourth-order valence-electron chi connectivity index (χ4n) is 3.54. The van der Waals surface area contributed by atoms with E-state index >= 15 is 0 Å². The van der Waals surface area contributed by atoms with Crippen LogP contribution in [0.25, 0.3) is 20.2 Å². The minimum Gasteiger partial charge on any atom is -1.00 e. The van der Waals surface area contributed by atoms with Gasteiger partial charge in [-0.2, -0.15) is 0 Å². The summed E-state index contributed by atoms with van der Waals surface area (Å²) < 4.78 is 2.31. The van der Waals surface area contributed by atoms with Crippen LogP contribution in [0, 0.1) is 0 Å². The summed E-state index contributed by atoms with van der Waals surface area (Å²) in [6.45, 7) is 1.83. The number of aliphatic hydroxyl groups excluding tert-OH is 3. The van der Waals surface area contributed by atoms with E-state index in [-0.39, 0.29) is 42.2 Å². The van der Waals surface area contributed by atoms with Crippen molar-refractivity contribution in [2.75, 3.05) is 39.5 Å². The maximum absolute atomic E-state index is 12.9. The predicted octanol–water partition coefficient (Wildman–Crippen LogP) is -1.29. The summed E-state index contributed by atoms with van der Waals surface area (Å²) in [5.74, 6) is 0. The molecule has 0 bridgehead atoms. The van der Waals surface area contributed by atoms with Crippen LogP contribution in [0.4, 0.5) is 0 Å². The topological polar surface area (TPSA) is 77.8 Å². The number of hydrogen-bond acceptors (Lipinski definition) is 5. The lowest BCUT2D eigenvalue weighted by Crippen LogP contribution is -3.00. The molecule has 2 aromatic carbocycles. The Kier molecular flexibility index (Phi) is 7.91. The first-order chi connectivity index (χ1) is 12.6. The lowest BCUT2D eigenvalue weighted by atomic mass is 10.1. The monoisotopic (exact) mass is 453 g/mol. The SMILES string of the molecule is O=c1c2ccccc2sc2ccc(C[N+](CCO)(CCO)CCO)cc12.[Br-]. The highest BCUT2D eigenvalue weighted by atomic mass is 79.9. The number of halogens is 1. The van der Waals surface area contributed by atoms with Crippen molar-refractivity contribution in [2.24, 2.45) is 0 Å². The molecule has 5 nitrogen and oxygen atoms in total. The predicted molar refractivity (Wildman–Crippen MR) is 105 cm³/mol. The molecule has 7 heteroatoms. The van der Waals surface area contributed by atoms with E-state index in [1.807, 2.05) is 42.5 Å². The molecule has 0 unspecified atom stereocenters. The number of nitrogens with zero attached hydrogens (tertiary/aromatic N) is 1. The summed E-state index contributed by atoms with van der Waals surface area (Å²) in [5, 5.41) is 29.7. The number of aliphatic hydroxyl groups is 3. The molecule has 0 aliphatic rings. The van der Waals surface area contributed by atoms with Crippen LogP contribution in [0.2, 0.25) is 0 Å². The molecule has 3 aromatic rings. The first kappa shape index (κ1) is 21.9. The fourth-order valence-corrected chi connectivity index (χ4v) is 4.60. The molecule has 0 radical (unpaired) electrons. The Morgan fingerprint density at radius 1 is 0.815 bits per heavy atom. The fraction of sp³-hybridized carbons (Fsp3) is 0.350. The van der Waals surface area contributed by atoms with E-state index in [0.29, 0.717) is 36.0 Å². The zero-order valence-corrected chi connectivity index (χ0v) is 17.4. The summed E-state index contributed by atoms with van der Waals surface area (Å²) in [5.41, 5.74) is 0.994. The second-order valence-corrected chi connectivity index (χ2v) is 7.68. The van der Waals surface area contributed by atoms with Gasteiger partial charge in [-0.05, 0) is 24.3 Å². The van der Waals surface area contributed by atoms with Gasteiger partial charge in [-0.1, -0.05) is 18.2 Å². The highest BCUT2D eigenvalue weighted by Crippen LogP contribution is 2.26. The summed E-state index contributed by atoms with van der Waals surface area (Å²) in [6, 6.07) is 13.5. The second kappa shape index (κ2) is 9.73. The Morgan fingerprint density at radius 3 is 2.04 bits per heavy atom. The van der Waals surface area contributed by atoms with Crippen molar-refractivity contribution in [2.45, 2.75) is 6.54 Å². The van der Waals surface area contributed by atoms with Crippen molar-refractivity contribution in [3.63, 3.8) is 0 Å². The minimum atomic E-state index is -0.0207. The van der Waals surface area contributed by atoms with Gasteiger partial charge in [0, 0.05) is 25.7 Å². The van der Waals surface area contributed by atoms with Crippen LogP contribution in [0.1, 0.15) is 5.56 Å². The molecule has 1 heterocycles. The molecule has 0 aliphatic carbocycles. The van der Waals surface area contributed by atoms with E-state index < -0.39 is 0 Å². The number of fused-ring (bicyclic) bond motifs is 2. The largest absolute Gasteiger partial charge is 1.00 e. The normalized spacial score (nSPS) is 11.7. The van der Waals surface area contributed by atoms with Gasteiger partial charge in [0.15, 0.2) is 5.43 Å². The third-order valence-corrected chi connectivity index (χ3v) is 6.03. The van der Waals surface area contributed by atoms with E-state index in [0.717, 1.165) is 20.3 Å². The summed E-state index contributed by atoms with van der Waals surface area (Å²) in [6.07, 6.45) is 0. The molecular weight excluding hydrogens is 430 g/mol. The van der Waals surface area contributed by atoms with E-state index in [4.69, 9.17) is 0 Å². The Labute approximate surface area is 172 Å². The first-order valence-electron chi connectivity index (χ1n) is 8.74. The summed E-state index contributed by atoms with van der Waals surface area (Å²) in [7, 11) is 0. The molecule has 3 N–H and O–H groups in total. The van der Waals surface area contributed by atoms with Crippen LogP contribution in [-0.2, 0) is 6.54 Å². The quantitative estimate of drug-likeness (QED) is 0.293. The molecule has 0 atom stereocenters. The summed E-state index contributed by atoms with van der Waals surface area (Å²) >= 11 is 1.60. The van der Waals surface area contributed by atoms with Crippen LogP contribution in [0.5, 0.6) is 0 Å². The second-order valence-electron chi connectivity index (χ2n) is 6.60. The van der Waals surface area contributed by atoms with Gasteiger partial charge in [-0.15, -0.1) is 11.3 Å². The van der Waals surface area contributed by atoms with E-state index in [2.05, 4.69) is 0 Å². The van der Waals surface area contributed by atoms with Crippen LogP contribution in [0.3, 0.4) is 0 Å². The molecule has 0 saturated carbocycles. The van der Waals surface area contributed by atoms with Gasteiger partial charge in [0.1, 0.15) is 26.2 Å². The lowest BCUT2D eigenvalue weighted by Gasteiger charge is -2.37. The Bertz CT molecular complexity index is 942. The summed E-state index contributed by atoms with van der Waals surface area (Å²) in [4.78, 5) is 12.9. The lowest BCUT2D eigenvalue weighted by molar-refractivity contribution is -0.941. The first-order valence-corrected chi connectivity index (χ1v) is 9.56. The van der Waals surface area contributed by atoms with Crippen molar-refractivity contribution >= 4 is 31.5 Å². The molecule has 146 valence electrons. The van der Waals surface area contributed by atoms with Crippen LogP contribution in [-0.4, -0.2) is 59.3 Å². The van der Waals surface area contributed by atoms with E-state index in [1.165, 1.54) is 0 Å². The van der Waals surface area contributed by atoms with Crippen molar-refractivity contribution in [1.82, 2.24) is 0 Å². The van der Waals surface area contributed by atoms with Crippen LogP contribution in [0.15, 0.2) is 47.3 Å². The average molecular weight is 454 g/mol. The third kappa shape index (κ3) is 4.74. The highest BCUT2D eigenvalue weighted by Gasteiger charge is 2.26. The number of benzene rings is 2. The van der Waals surface area contributed by atoms with E-state index in [1.54, 1.807) is 11.3 Å². The zero-order valence-electron chi connectivity index (χ0n) is 15.0. The molecule has 0 aliphatic heterocycles. The standard InChI is InChI=1S/C20H24NO4S.BrH/c22-10-7-21(8-11-23,9-12-24)14-15-5-6-19-17(13-15)20(25)16-3-1-2-4-18(16)26-19;/h1-6,13,22-24H,7-12,14H2;1H/q+1;/p-1. The number of rotatable bonds is 8. The molecule has 1 aromatic heterocycles. The molecule has 0 spiro atoms. The average Bonchev–Trinajstić information content (AvgIpc) is 2.63. The van der Waals surface area contributed by atoms with Gasteiger partial charge in [0.2, 0.25) is 0 Å². The van der Waals surface area contributed by atoms with Crippen molar-refractivity contribution in [3.05, 3.63) is 58.3 Å². The van der Waals surface area contributed by atoms with Crippen molar-refractivity contribution in [1.29, 1.82) is 0 Å². The van der Waals surface area contributed by atoms with Crippen LogP contribution < -0.4 is 22.4 Å². The van der Waals surface area contributed by atoms with Crippen molar-refractivity contribution in [3.8, 4) is 0 Å². The molecule has 0 fully saturated rings. The Morgan fingerprint density at radius 2 is 1.41 bits per heavy atom. The minimum absolute atomic E-state index is 0. The van der Waals surface area contributed by atoms with Gasteiger partial charge in [0.05, 0.1) is 19.8 Å².